The van der Waals surface area contributed by atoms with Crippen LogP contribution in [0.5, 0.6) is 5.75 Å². The van der Waals surface area contributed by atoms with Crippen LogP contribution < -0.4 is 10.8 Å². The van der Waals surface area contributed by atoms with Crippen molar-refractivity contribution >= 4 is 49.5 Å². The van der Waals surface area contributed by atoms with E-state index in [0.717, 1.165) is 5.56 Å². The molecule has 30 heavy (non-hydrogen) atoms. The van der Waals surface area contributed by atoms with Crippen molar-refractivity contribution in [3.63, 3.8) is 0 Å². The SMILES string of the molecule is Cc1ccc(NC(=O)O[C@@H](CCC/C=C/C(=O)NO)c2cc(Br)cc(Br)c2O)cc1. The lowest BCUT2D eigenvalue weighted by Crippen LogP contribution is -2.18. The van der Waals surface area contributed by atoms with Crippen molar-refractivity contribution in [2.75, 3.05) is 5.32 Å². The number of nitrogens with one attached hydrogen (secondary N) is 2. The minimum absolute atomic E-state index is 0.0125. The van der Waals surface area contributed by atoms with Crippen molar-refractivity contribution in [3.8, 4) is 5.75 Å². The Kier molecular flexibility index (Phi) is 9.35. The second kappa shape index (κ2) is 11.7. The average molecular weight is 542 g/mol. The number of anilines is 1. The number of hydrogen-bond donors (Lipinski definition) is 4. The first-order valence-corrected chi connectivity index (χ1v) is 10.7. The molecule has 4 N–H and O–H groups in total. The van der Waals surface area contributed by atoms with Crippen molar-refractivity contribution in [1.29, 1.82) is 0 Å². The Morgan fingerprint density at radius 3 is 2.57 bits per heavy atom. The monoisotopic (exact) mass is 540 g/mol. The summed E-state index contributed by atoms with van der Waals surface area (Å²) in [6.07, 6.45) is 2.95. The number of rotatable bonds is 8. The molecule has 0 spiro atoms. The van der Waals surface area contributed by atoms with Gasteiger partial charge < -0.3 is 9.84 Å². The van der Waals surface area contributed by atoms with Crippen LogP contribution in [0, 0.1) is 6.92 Å². The Bertz CT molecular complexity index is 916. The van der Waals surface area contributed by atoms with E-state index in [4.69, 9.17) is 9.94 Å². The molecule has 0 aromatic heterocycles. The molecule has 2 amide bonds. The molecular formula is C21H22Br2N2O5. The molecule has 0 heterocycles. The van der Waals surface area contributed by atoms with Gasteiger partial charge in [-0.2, -0.15) is 0 Å². The van der Waals surface area contributed by atoms with Gasteiger partial charge in [-0.25, -0.2) is 10.3 Å². The van der Waals surface area contributed by atoms with Gasteiger partial charge >= 0.3 is 6.09 Å². The summed E-state index contributed by atoms with van der Waals surface area (Å²) in [5.41, 5.74) is 3.63. The van der Waals surface area contributed by atoms with Gasteiger partial charge in [-0.3, -0.25) is 15.3 Å². The van der Waals surface area contributed by atoms with E-state index in [-0.39, 0.29) is 5.75 Å². The van der Waals surface area contributed by atoms with Gasteiger partial charge in [0.05, 0.1) is 4.47 Å². The number of unbranched alkanes of at least 4 members (excludes halogenated alkanes) is 1. The van der Waals surface area contributed by atoms with Crippen LogP contribution in [0.2, 0.25) is 0 Å². The highest BCUT2D eigenvalue weighted by atomic mass is 79.9. The standard InChI is InChI=1S/C21H22Br2N2O5/c1-13-7-9-15(10-8-13)24-21(28)30-18(5-3-2-4-6-19(26)25-29)16-11-14(22)12-17(23)20(16)27/h4,6-12,18,27,29H,2-3,5H2,1H3,(H,24,28)(H,25,26)/b6-4+/t18-/m0/s1. The van der Waals surface area contributed by atoms with Gasteiger partial charge in [0.1, 0.15) is 11.9 Å². The van der Waals surface area contributed by atoms with Crippen LogP contribution in [-0.4, -0.2) is 22.3 Å². The van der Waals surface area contributed by atoms with E-state index in [1.54, 1.807) is 30.3 Å². The molecule has 0 saturated heterocycles. The zero-order chi connectivity index (χ0) is 22.1. The molecule has 7 nitrogen and oxygen atoms in total. The van der Waals surface area contributed by atoms with E-state index in [0.29, 0.717) is 39.5 Å². The number of benzene rings is 2. The summed E-state index contributed by atoms with van der Waals surface area (Å²) >= 11 is 6.68. The molecule has 0 aliphatic carbocycles. The van der Waals surface area contributed by atoms with Crippen molar-refractivity contribution in [3.05, 3.63) is 68.6 Å². The number of hydrogen-bond acceptors (Lipinski definition) is 5. The van der Waals surface area contributed by atoms with E-state index in [1.807, 2.05) is 19.1 Å². The Morgan fingerprint density at radius 1 is 1.20 bits per heavy atom. The van der Waals surface area contributed by atoms with Crippen LogP contribution in [-0.2, 0) is 9.53 Å². The van der Waals surface area contributed by atoms with Gasteiger partial charge in [0.15, 0.2) is 0 Å². The lowest BCUT2D eigenvalue weighted by atomic mass is 10.0. The van der Waals surface area contributed by atoms with Gasteiger partial charge in [-0.1, -0.05) is 39.7 Å². The number of aryl methyl sites for hydroxylation is 1. The van der Waals surface area contributed by atoms with E-state index >= 15 is 0 Å². The second-order valence-electron chi connectivity index (χ2n) is 6.52. The quantitative estimate of drug-likeness (QED) is 0.147. The van der Waals surface area contributed by atoms with Gasteiger partial charge in [0.2, 0.25) is 0 Å². The summed E-state index contributed by atoms with van der Waals surface area (Å²) < 4.78 is 6.80. The lowest BCUT2D eigenvalue weighted by Gasteiger charge is -2.20. The number of allylic oxidation sites excluding steroid dienone is 1. The highest BCUT2D eigenvalue weighted by Gasteiger charge is 2.22. The predicted molar refractivity (Wildman–Crippen MR) is 120 cm³/mol. The van der Waals surface area contributed by atoms with E-state index in [1.165, 1.54) is 11.6 Å². The fourth-order valence-electron chi connectivity index (χ4n) is 2.67. The smallest absolute Gasteiger partial charge is 0.412 e. The number of carbonyl (C=O) groups excluding carboxylic acids is 2. The largest absolute Gasteiger partial charge is 0.506 e. The van der Waals surface area contributed by atoms with Crippen LogP contribution in [0.15, 0.2) is 57.5 Å². The highest BCUT2D eigenvalue weighted by molar-refractivity contribution is 9.11. The van der Waals surface area contributed by atoms with Gasteiger partial charge in [-0.15, -0.1) is 0 Å². The number of hydroxylamine groups is 1. The zero-order valence-electron chi connectivity index (χ0n) is 16.2. The molecular weight excluding hydrogens is 520 g/mol. The first-order valence-electron chi connectivity index (χ1n) is 9.13. The third-order valence-corrected chi connectivity index (χ3v) is 5.23. The highest BCUT2D eigenvalue weighted by Crippen LogP contribution is 2.38. The number of phenolic OH excluding ortho intramolecular Hbond substituents is 1. The number of ether oxygens (including phenoxy) is 1. The molecule has 0 radical (unpaired) electrons. The fraction of sp³-hybridized carbons (Fsp3) is 0.238. The van der Waals surface area contributed by atoms with Crippen LogP contribution in [0.1, 0.15) is 36.5 Å². The average Bonchev–Trinajstić information content (AvgIpc) is 2.71. The summed E-state index contributed by atoms with van der Waals surface area (Å²) in [5.74, 6) is -0.629. The first kappa shape index (κ1) is 23.9. The molecule has 0 unspecified atom stereocenters. The summed E-state index contributed by atoms with van der Waals surface area (Å²) in [5, 5.41) is 21.6. The normalized spacial score (nSPS) is 11.9. The Hall–Kier alpha value is -2.36. The topological polar surface area (TPSA) is 108 Å². The third kappa shape index (κ3) is 7.47. The molecule has 2 aromatic rings. The summed E-state index contributed by atoms with van der Waals surface area (Å²) in [7, 11) is 0. The van der Waals surface area contributed by atoms with Crippen molar-refractivity contribution < 1.29 is 24.6 Å². The molecule has 160 valence electrons. The molecule has 2 rings (SSSR count). The maximum atomic E-state index is 12.4. The van der Waals surface area contributed by atoms with Crippen LogP contribution in [0.25, 0.3) is 0 Å². The lowest BCUT2D eigenvalue weighted by molar-refractivity contribution is -0.124. The molecule has 1 atom stereocenters. The van der Waals surface area contributed by atoms with Gasteiger partial charge in [0, 0.05) is 21.8 Å². The maximum absolute atomic E-state index is 12.4. The van der Waals surface area contributed by atoms with Crippen LogP contribution in [0.3, 0.4) is 0 Å². The molecule has 9 heteroatoms. The predicted octanol–water partition coefficient (Wildman–Crippen LogP) is 5.75. The summed E-state index contributed by atoms with van der Waals surface area (Å²) in [6, 6.07) is 10.7. The Balaban J connectivity index is 2.12. The van der Waals surface area contributed by atoms with E-state index in [9.17, 15) is 14.7 Å². The number of aromatic hydroxyl groups is 1. The van der Waals surface area contributed by atoms with Crippen LogP contribution in [0.4, 0.5) is 10.5 Å². The minimum atomic E-state index is -0.718. The Morgan fingerprint density at radius 2 is 1.90 bits per heavy atom. The molecule has 0 aliphatic heterocycles. The van der Waals surface area contributed by atoms with E-state index < -0.39 is 18.1 Å². The number of phenols is 1. The van der Waals surface area contributed by atoms with Gasteiger partial charge in [-0.05, 0) is 66.4 Å². The molecule has 0 fully saturated rings. The fourth-order valence-corrected chi connectivity index (χ4v) is 3.93. The van der Waals surface area contributed by atoms with Gasteiger partial charge in [0.25, 0.3) is 5.91 Å². The minimum Gasteiger partial charge on any atom is -0.506 e. The molecule has 0 bridgehead atoms. The first-order chi connectivity index (χ1) is 14.3. The molecule has 0 aliphatic rings. The van der Waals surface area contributed by atoms with Crippen LogP contribution >= 0.6 is 31.9 Å². The second-order valence-corrected chi connectivity index (χ2v) is 8.29. The van der Waals surface area contributed by atoms with Crippen molar-refractivity contribution in [2.24, 2.45) is 0 Å². The van der Waals surface area contributed by atoms with Crippen molar-refractivity contribution in [1.82, 2.24) is 5.48 Å². The zero-order valence-corrected chi connectivity index (χ0v) is 19.4. The third-order valence-electron chi connectivity index (χ3n) is 4.17. The number of halogens is 2. The number of carbonyl (C=O) groups is 2. The molecule has 2 aromatic carbocycles. The number of amides is 2. The van der Waals surface area contributed by atoms with E-state index in [2.05, 4.69) is 37.2 Å². The molecule has 0 saturated carbocycles. The maximum Gasteiger partial charge on any atom is 0.412 e. The summed E-state index contributed by atoms with van der Waals surface area (Å²) in [4.78, 5) is 23.5. The van der Waals surface area contributed by atoms with Crippen molar-refractivity contribution in [2.45, 2.75) is 32.3 Å². The summed E-state index contributed by atoms with van der Waals surface area (Å²) in [6.45, 7) is 1.95. The Labute approximate surface area is 191 Å².